The third kappa shape index (κ3) is 2.46. The highest BCUT2D eigenvalue weighted by Gasteiger charge is 2.14. The summed E-state index contributed by atoms with van der Waals surface area (Å²) in [6, 6.07) is 2.10. The van der Waals surface area contributed by atoms with Crippen molar-refractivity contribution in [2.24, 2.45) is 0 Å². The first-order valence-corrected chi connectivity index (χ1v) is 6.50. The van der Waals surface area contributed by atoms with E-state index in [4.69, 9.17) is 0 Å². The first-order chi connectivity index (χ1) is 8.91. The number of aromatic nitrogens is 2. The van der Waals surface area contributed by atoms with Crippen LogP contribution in [0.3, 0.4) is 0 Å². The van der Waals surface area contributed by atoms with Crippen molar-refractivity contribution in [2.45, 2.75) is 41.2 Å². The molecule has 0 bridgehead atoms. The van der Waals surface area contributed by atoms with Gasteiger partial charge >= 0.3 is 0 Å². The maximum Gasteiger partial charge on any atom is 0.160 e. The van der Waals surface area contributed by atoms with Crippen LogP contribution in [-0.4, -0.2) is 15.3 Å². The molecular formula is C16H20N2O. The van der Waals surface area contributed by atoms with Gasteiger partial charge in [-0.3, -0.25) is 4.79 Å². The average molecular weight is 256 g/mol. The predicted molar refractivity (Wildman–Crippen MR) is 76.7 cm³/mol. The van der Waals surface area contributed by atoms with Gasteiger partial charge in [0.15, 0.2) is 5.78 Å². The van der Waals surface area contributed by atoms with Gasteiger partial charge in [0.25, 0.3) is 0 Å². The molecular weight excluding hydrogens is 236 g/mol. The van der Waals surface area contributed by atoms with Gasteiger partial charge in [0.05, 0.1) is 0 Å². The number of ketones is 1. The van der Waals surface area contributed by atoms with Gasteiger partial charge in [-0.25, -0.2) is 4.98 Å². The summed E-state index contributed by atoms with van der Waals surface area (Å²) in [6.45, 7) is 10.5. The van der Waals surface area contributed by atoms with Crippen molar-refractivity contribution >= 4 is 5.78 Å². The SMILES string of the molecule is CC(=O)c1c(C)cc(C)c(Cn2ccnc2C)c1C. The summed E-state index contributed by atoms with van der Waals surface area (Å²) in [6.07, 6.45) is 3.78. The van der Waals surface area contributed by atoms with E-state index in [0.29, 0.717) is 0 Å². The van der Waals surface area contributed by atoms with Crippen LogP contribution >= 0.6 is 0 Å². The zero-order valence-corrected chi connectivity index (χ0v) is 12.2. The van der Waals surface area contributed by atoms with Gasteiger partial charge in [0, 0.05) is 24.5 Å². The third-order valence-corrected chi connectivity index (χ3v) is 3.74. The van der Waals surface area contributed by atoms with E-state index in [2.05, 4.69) is 22.5 Å². The van der Waals surface area contributed by atoms with E-state index >= 15 is 0 Å². The van der Waals surface area contributed by atoms with E-state index in [1.807, 2.05) is 27.0 Å². The molecule has 0 N–H and O–H groups in total. The summed E-state index contributed by atoms with van der Waals surface area (Å²) in [5.41, 5.74) is 5.47. The molecule has 0 spiro atoms. The van der Waals surface area contributed by atoms with E-state index in [9.17, 15) is 4.79 Å². The summed E-state index contributed by atoms with van der Waals surface area (Å²) in [5.74, 6) is 1.13. The Bertz CT molecular complexity index is 638. The smallest absolute Gasteiger partial charge is 0.160 e. The van der Waals surface area contributed by atoms with E-state index < -0.39 is 0 Å². The molecule has 0 aliphatic rings. The number of imidazole rings is 1. The molecule has 0 amide bonds. The molecule has 0 unspecified atom stereocenters. The van der Waals surface area contributed by atoms with Gasteiger partial charge in [-0.05, 0) is 56.9 Å². The Hall–Kier alpha value is -1.90. The normalized spacial score (nSPS) is 10.8. The minimum absolute atomic E-state index is 0.138. The van der Waals surface area contributed by atoms with Gasteiger partial charge < -0.3 is 4.57 Å². The second kappa shape index (κ2) is 5.00. The molecule has 0 atom stereocenters. The van der Waals surface area contributed by atoms with Crippen LogP contribution in [0.2, 0.25) is 0 Å². The molecule has 2 aromatic rings. The topological polar surface area (TPSA) is 34.9 Å². The molecule has 1 heterocycles. The number of rotatable bonds is 3. The van der Waals surface area contributed by atoms with Gasteiger partial charge in [0.2, 0.25) is 0 Å². The number of hydrogen-bond acceptors (Lipinski definition) is 2. The molecule has 3 heteroatoms. The largest absolute Gasteiger partial charge is 0.331 e. The monoisotopic (exact) mass is 256 g/mol. The van der Waals surface area contributed by atoms with Crippen LogP contribution in [0.15, 0.2) is 18.5 Å². The van der Waals surface area contributed by atoms with Gasteiger partial charge in [-0.2, -0.15) is 0 Å². The summed E-state index contributed by atoms with van der Waals surface area (Å²) < 4.78 is 2.11. The number of hydrogen-bond donors (Lipinski definition) is 0. The lowest BCUT2D eigenvalue weighted by atomic mass is 9.91. The van der Waals surface area contributed by atoms with Crippen molar-refractivity contribution in [1.29, 1.82) is 0 Å². The van der Waals surface area contributed by atoms with Crippen LogP contribution in [0.1, 0.15) is 45.4 Å². The number of nitrogens with zero attached hydrogens (tertiary/aromatic N) is 2. The fraction of sp³-hybridized carbons (Fsp3) is 0.375. The standard InChI is InChI=1S/C16H20N2O/c1-10-8-11(2)16(13(4)19)12(3)15(10)9-18-7-6-17-14(18)5/h6-8H,9H2,1-5H3. The van der Waals surface area contributed by atoms with Crippen molar-refractivity contribution in [3.8, 4) is 0 Å². The molecule has 0 aliphatic carbocycles. The lowest BCUT2D eigenvalue weighted by Gasteiger charge is -2.17. The van der Waals surface area contributed by atoms with Crippen molar-refractivity contribution in [1.82, 2.24) is 9.55 Å². The van der Waals surface area contributed by atoms with Crippen molar-refractivity contribution in [3.05, 3.63) is 52.1 Å². The quantitative estimate of drug-likeness (QED) is 0.789. The van der Waals surface area contributed by atoms with Gasteiger partial charge in [-0.1, -0.05) is 6.07 Å². The zero-order chi connectivity index (χ0) is 14.2. The van der Waals surface area contributed by atoms with E-state index in [1.54, 1.807) is 13.1 Å². The fourth-order valence-corrected chi connectivity index (χ4v) is 2.75. The number of benzene rings is 1. The van der Waals surface area contributed by atoms with Gasteiger partial charge in [-0.15, -0.1) is 0 Å². The number of carbonyl (C=O) groups is 1. The van der Waals surface area contributed by atoms with Gasteiger partial charge in [0.1, 0.15) is 5.82 Å². The Kier molecular flexibility index (Phi) is 3.56. The lowest BCUT2D eigenvalue weighted by Crippen LogP contribution is -2.10. The highest BCUT2D eigenvalue weighted by Crippen LogP contribution is 2.24. The van der Waals surface area contributed by atoms with E-state index in [0.717, 1.165) is 29.1 Å². The molecule has 19 heavy (non-hydrogen) atoms. The van der Waals surface area contributed by atoms with Crippen LogP contribution in [-0.2, 0) is 6.54 Å². The molecule has 1 aromatic heterocycles. The van der Waals surface area contributed by atoms with Crippen LogP contribution in [0, 0.1) is 27.7 Å². The summed E-state index contributed by atoms with van der Waals surface area (Å²) >= 11 is 0. The molecule has 0 saturated heterocycles. The van der Waals surface area contributed by atoms with Crippen molar-refractivity contribution in [3.63, 3.8) is 0 Å². The van der Waals surface area contributed by atoms with Crippen LogP contribution in [0.25, 0.3) is 0 Å². The molecule has 0 fully saturated rings. The molecule has 0 aliphatic heterocycles. The Labute approximate surface area is 114 Å². The Morgan fingerprint density at radius 3 is 2.42 bits per heavy atom. The zero-order valence-electron chi connectivity index (χ0n) is 12.2. The minimum atomic E-state index is 0.138. The molecule has 0 saturated carbocycles. The van der Waals surface area contributed by atoms with Crippen molar-refractivity contribution < 1.29 is 4.79 Å². The Morgan fingerprint density at radius 2 is 1.89 bits per heavy atom. The maximum absolute atomic E-state index is 11.8. The number of Topliss-reactive ketones (excluding diaryl/α,β-unsaturated/α-hetero) is 1. The van der Waals surface area contributed by atoms with Crippen molar-refractivity contribution in [2.75, 3.05) is 0 Å². The van der Waals surface area contributed by atoms with E-state index in [-0.39, 0.29) is 5.78 Å². The highest BCUT2D eigenvalue weighted by atomic mass is 16.1. The lowest BCUT2D eigenvalue weighted by molar-refractivity contribution is 0.101. The maximum atomic E-state index is 11.8. The first-order valence-electron chi connectivity index (χ1n) is 6.50. The first kappa shape index (κ1) is 13.5. The van der Waals surface area contributed by atoms with Crippen LogP contribution in [0.5, 0.6) is 0 Å². The molecule has 2 rings (SSSR count). The summed E-state index contributed by atoms with van der Waals surface area (Å²) in [7, 11) is 0. The predicted octanol–water partition coefficient (Wildman–Crippen LogP) is 3.37. The Balaban J connectivity index is 2.54. The fourth-order valence-electron chi connectivity index (χ4n) is 2.75. The molecule has 1 aromatic carbocycles. The van der Waals surface area contributed by atoms with Crippen LogP contribution < -0.4 is 0 Å². The molecule has 100 valence electrons. The highest BCUT2D eigenvalue weighted by molar-refractivity contribution is 5.97. The average Bonchev–Trinajstić information content (AvgIpc) is 2.69. The second-order valence-corrected chi connectivity index (χ2v) is 5.15. The number of aryl methyl sites for hydroxylation is 3. The minimum Gasteiger partial charge on any atom is -0.331 e. The molecule has 3 nitrogen and oxygen atoms in total. The third-order valence-electron chi connectivity index (χ3n) is 3.74. The number of carbonyl (C=O) groups excluding carboxylic acids is 1. The van der Waals surface area contributed by atoms with Crippen LogP contribution in [0.4, 0.5) is 0 Å². The summed E-state index contributed by atoms with van der Waals surface area (Å²) in [5, 5.41) is 0. The molecule has 0 radical (unpaired) electrons. The Morgan fingerprint density at radius 1 is 1.21 bits per heavy atom. The summed E-state index contributed by atoms with van der Waals surface area (Å²) in [4.78, 5) is 16.0. The second-order valence-electron chi connectivity index (χ2n) is 5.15. The van der Waals surface area contributed by atoms with E-state index in [1.165, 1.54) is 11.1 Å².